The molecule has 0 atom stereocenters. The van der Waals surface area contributed by atoms with Crippen LogP contribution in [0.15, 0.2) is 35.2 Å². The number of hydrogen-bond donors (Lipinski definition) is 0. The molecule has 0 spiro atoms. The molecule has 15 heavy (non-hydrogen) atoms. The van der Waals surface area contributed by atoms with E-state index in [2.05, 4.69) is 21.8 Å². The van der Waals surface area contributed by atoms with Gasteiger partial charge >= 0.3 is 0 Å². The molecule has 0 aliphatic carbocycles. The third kappa shape index (κ3) is 2.94. The predicted octanol–water partition coefficient (Wildman–Crippen LogP) is 3.42. The van der Waals surface area contributed by atoms with Crippen molar-refractivity contribution in [2.24, 2.45) is 0 Å². The fraction of sp³-hybridized carbons (Fsp3) is 0.182. The van der Waals surface area contributed by atoms with Crippen molar-refractivity contribution in [1.82, 2.24) is 4.98 Å². The summed E-state index contributed by atoms with van der Waals surface area (Å²) < 4.78 is 5.52. The molecule has 2 rings (SSSR count). The maximum atomic E-state index is 5.85. The Hall–Kier alpha value is -1.06. The van der Waals surface area contributed by atoms with Crippen molar-refractivity contribution >= 4 is 22.9 Å². The van der Waals surface area contributed by atoms with Gasteiger partial charge in [0.15, 0.2) is 10.9 Å². The molecule has 0 fully saturated rings. The van der Waals surface area contributed by atoms with Gasteiger partial charge in [-0.2, -0.15) is 11.3 Å². The number of ether oxygens (including phenoxy) is 1. The predicted molar refractivity (Wildman–Crippen MR) is 62.8 cm³/mol. The Morgan fingerprint density at radius 3 is 3.07 bits per heavy atom. The molecule has 0 radical (unpaired) electrons. The van der Waals surface area contributed by atoms with Crippen molar-refractivity contribution in [2.45, 2.75) is 6.42 Å². The van der Waals surface area contributed by atoms with E-state index in [0.29, 0.717) is 17.5 Å². The van der Waals surface area contributed by atoms with Gasteiger partial charge < -0.3 is 4.74 Å². The highest BCUT2D eigenvalue weighted by molar-refractivity contribution is 7.07. The van der Waals surface area contributed by atoms with Gasteiger partial charge in [0.1, 0.15) is 0 Å². The number of nitrogens with zero attached hydrogens (tertiary/aromatic N) is 1. The second-order valence-electron chi connectivity index (χ2n) is 3.02. The average molecular weight is 240 g/mol. The Morgan fingerprint density at radius 1 is 1.40 bits per heavy atom. The Morgan fingerprint density at radius 2 is 2.33 bits per heavy atom. The fourth-order valence-electron chi connectivity index (χ4n) is 1.19. The van der Waals surface area contributed by atoms with Crippen LogP contribution in [0.25, 0.3) is 0 Å². The molecule has 78 valence electrons. The maximum Gasteiger partial charge on any atom is 0.171 e. The number of hydrogen-bond acceptors (Lipinski definition) is 3. The maximum absolute atomic E-state index is 5.85. The molecule has 0 amide bonds. The average Bonchev–Trinajstić information content (AvgIpc) is 2.74. The molecule has 0 N–H and O–H groups in total. The summed E-state index contributed by atoms with van der Waals surface area (Å²) in [5.74, 6) is 0.648. The minimum absolute atomic E-state index is 0.419. The van der Waals surface area contributed by atoms with Crippen LogP contribution in [0.1, 0.15) is 5.56 Å². The van der Waals surface area contributed by atoms with Gasteiger partial charge in [0, 0.05) is 12.6 Å². The van der Waals surface area contributed by atoms with E-state index in [1.807, 2.05) is 12.1 Å². The van der Waals surface area contributed by atoms with E-state index in [4.69, 9.17) is 16.3 Å². The van der Waals surface area contributed by atoms with Gasteiger partial charge in [-0.05, 0) is 34.5 Å². The summed E-state index contributed by atoms with van der Waals surface area (Å²) >= 11 is 7.55. The van der Waals surface area contributed by atoms with E-state index in [0.717, 1.165) is 6.42 Å². The number of aromatic nitrogens is 1. The van der Waals surface area contributed by atoms with Gasteiger partial charge in [0.2, 0.25) is 0 Å². The highest BCUT2D eigenvalue weighted by atomic mass is 35.5. The van der Waals surface area contributed by atoms with Crippen LogP contribution in [0, 0.1) is 0 Å². The van der Waals surface area contributed by atoms with Crippen molar-refractivity contribution in [3.8, 4) is 5.75 Å². The summed E-state index contributed by atoms with van der Waals surface area (Å²) in [7, 11) is 0. The summed E-state index contributed by atoms with van der Waals surface area (Å²) in [4.78, 5) is 3.94. The molecule has 0 unspecified atom stereocenters. The first-order valence-corrected chi connectivity index (χ1v) is 5.93. The largest absolute Gasteiger partial charge is 0.490 e. The lowest BCUT2D eigenvalue weighted by Crippen LogP contribution is -2.01. The normalized spacial score (nSPS) is 10.2. The molecule has 2 aromatic rings. The summed E-state index contributed by atoms with van der Waals surface area (Å²) in [6.45, 7) is 0.627. The van der Waals surface area contributed by atoms with Gasteiger partial charge in [-0.1, -0.05) is 11.6 Å². The van der Waals surface area contributed by atoms with E-state index < -0.39 is 0 Å². The van der Waals surface area contributed by atoms with Crippen LogP contribution in [0.4, 0.5) is 0 Å². The van der Waals surface area contributed by atoms with Gasteiger partial charge in [0.25, 0.3) is 0 Å². The fourth-order valence-corrected chi connectivity index (χ4v) is 2.07. The van der Waals surface area contributed by atoms with Crippen molar-refractivity contribution in [3.63, 3.8) is 0 Å². The quantitative estimate of drug-likeness (QED) is 0.763. The first kappa shape index (κ1) is 10.5. The summed E-state index contributed by atoms with van der Waals surface area (Å²) in [6.07, 6.45) is 2.54. The zero-order valence-electron chi connectivity index (χ0n) is 8.02. The van der Waals surface area contributed by atoms with Crippen LogP contribution in [-0.4, -0.2) is 11.6 Å². The highest BCUT2D eigenvalue weighted by Gasteiger charge is 2.00. The third-order valence-corrected chi connectivity index (χ3v) is 2.97. The molecular formula is C11H10ClNOS. The van der Waals surface area contributed by atoms with Crippen molar-refractivity contribution < 1.29 is 4.74 Å². The number of halogens is 1. The molecule has 0 bridgehead atoms. The van der Waals surface area contributed by atoms with Gasteiger partial charge in [0.05, 0.1) is 6.61 Å². The Balaban J connectivity index is 1.86. The van der Waals surface area contributed by atoms with E-state index in [9.17, 15) is 0 Å². The van der Waals surface area contributed by atoms with E-state index in [1.165, 1.54) is 5.56 Å². The number of rotatable bonds is 4. The summed E-state index contributed by atoms with van der Waals surface area (Å²) in [5, 5.41) is 4.60. The molecule has 0 aliphatic rings. The standard InChI is InChI=1S/C11H10ClNOS/c12-11-10(2-1-5-13-11)14-6-3-9-4-7-15-8-9/h1-2,4-5,7-8H,3,6H2. The lowest BCUT2D eigenvalue weighted by Gasteiger charge is -2.05. The molecule has 0 saturated heterocycles. The molecule has 0 aromatic carbocycles. The van der Waals surface area contributed by atoms with Gasteiger partial charge in [-0.25, -0.2) is 4.98 Å². The van der Waals surface area contributed by atoms with Crippen LogP contribution in [-0.2, 0) is 6.42 Å². The molecule has 2 heterocycles. The molecule has 2 aromatic heterocycles. The van der Waals surface area contributed by atoms with Crippen molar-refractivity contribution in [1.29, 1.82) is 0 Å². The highest BCUT2D eigenvalue weighted by Crippen LogP contribution is 2.20. The van der Waals surface area contributed by atoms with E-state index >= 15 is 0 Å². The topological polar surface area (TPSA) is 22.1 Å². The van der Waals surface area contributed by atoms with Crippen molar-refractivity contribution in [3.05, 3.63) is 45.9 Å². The lowest BCUT2D eigenvalue weighted by atomic mass is 10.3. The molecular weight excluding hydrogens is 230 g/mol. The van der Waals surface area contributed by atoms with E-state index in [-0.39, 0.29) is 0 Å². The van der Waals surface area contributed by atoms with Crippen LogP contribution >= 0.6 is 22.9 Å². The second-order valence-corrected chi connectivity index (χ2v) is 4.16. The monoisotopic (exact) mass is 239 g/mol. The zero-order chi connectivity index (χ0) is 10.5. The van der Waals surface area contributed by atoms with Gasteiger partial charge in [-0.15, -0.1) is 0 Å². The SMILES string of the molecule is Clc1ncccc1OCCc1ccsc1. The molecule has 2 nitrogen and oxygen atoms in total. The Kier molecular flexibility index (Phi) is 3.59. The number of thiophene rings is 1. The molecule has 0 saturated carbocycles. The summed E-state index contributed by atoms with van der Waals surface area (Å²) in [5.41, 5.74) is 1.29. The van der Waals surface area contributed by atoms with E-state index in [1.54, 1.807) is 17.5 Å². The third-order valence-electron chi connectivity index (χ3n) is 1.95. The number of pyridine rings is 1. The molecule has 0 aliphatic heterocycles. The Bertz CT molecular complexity index is 416. The minimum atomic E-state index is 0.419. The minimum Gasteiger partial charge on any atom is -0.490 e. The second kappa shape index (κ2) is 5.14. The zero-order valence-corrected chi connectivity index (χ0v) is 9.59. The van der Waals surface area contributed by atoms with Crippen LogP contribution in [0.2, 0.25) is 5.15 Å². The summed E-state index contributed by atoms with van der Waals surface area (Å²) in [6, 6.07) is 5.73. The van der Waals surface area contributed by atoms with Crippen molar-refractivity contribution in [2.75, 3.05) is 6.61 Å². The van der Waals surface area contributed by atoms with Crippen LogP contribution in [0.3, 0.4) is 0 Å². The van der Waals surface area contributed by atoms with Crippen LogP contribution < -0.4 is 4.74 Å². The first-order chi connectivity index (χ1) is 7.36. The Labute approximate surface area is 97.5 Å². The smallest absolute Gasteiger partial charge is 0.171 e. The first-order valence-electron chi connectivity index (χ1n) is 4.60. The van der Waals surface area contributed by atoms with Crippen LogP contribution in [0.5, 0.6) is 5.75 Å². The van der Waals surface area contributed by atoms with Gasteiger partial charge in [-0.3, -0.25) is 0 Å². The lowest BCUT2D eigenvalue weighted by molar-refractivity contribution is 0.321. The molecule has 4 heteroatoms.